The molecule has 0 radical (unpaired) electrons. The third kappa shape index (κ3) is 5.59. The van der Waals surface area contributed by atoms with Gasteiger partial charge in [-0.05, 0) is 60.5 Å². The fraction of sp³-hybridized carbons (Fsp3) is 0.292. The number of furan rings is 1. The second-order valence-electron chi connectivity index (χ2n) is 7.78. The van der Waals surface area contributed by atoms with Crippen LogP contribution in [0.4, 0.5) is 0 Å². The number of halogens is 3. The summed E-state index contributed by atoms with van der Waals surface area (Å²) >= 11 is 18.1. The van der Waals surface area contributed by atoms with Crippen LogP contribution < -0.4 is 4.74 Å². The first kappa shape index (κ1) is 23.0. The van der Waals surface area contributed by atoms with Gasteiger partial charge in [0.15, 0.2) is 5.76 Å². The molecule has 4 rings (SSSR count). The number of piperazine rings is 1. The van der Waals surface area contributed by atoms with Gasteiger partial charge >= 0.3 is 0 Å². The Bertz CT molecular complexity index is 1110. The number of aryl methyl sites for hydroxylation is 1. The van der Waals surface area contributed by atoms with E-state index in [2.05, 4.69) is 4.90 Å². The maximum Gasteiger partial charge on any atom is 0.289 e. The SMILES string of the molecule is Cc1cc(Cl)ccc1OCc1ccc(C(=O)N2CCN(Cc3ccc(Cl)c(Cl)c3)CC2)o1. The topological polar surface area (TPSA) is 45.9 Å². The molecule has 0 N–H and O–H groups in total. The van der Waals surface area contributed by atoms with E-state index < -0.39 is 0 Å². The molecule has 0 unspecified atom stereocenters. The minimum atomic E-state index is -0.104. The van der Waals surface area contributed by atoms with E-state index in [9.17, 15) is 4.79 Å². The predicted molar refractivity (Wildman–Crippen MR) is 127 cm³/mol. The fourth-order valence-corrected chi connectivity index (χ4v) is 4.20. The molecule has 0 aliphatic carbocycles. The summed E-state index contributed by atoms with van der Waals surface area (Å²) in [7, 11) is 0. The highest BCUT2D eigenvalue weighted by Crippen LogP contribution is 2.25. The number of rotatable bonds is 6. The van der Waals surface area contributed by atoms with Crippen molar-refractivity contribution in [2.75, 3.05) is 26.2 Å². The van der Waals surface area contributed by atoms with Crippen LogP contribution >= 0.6 is 34.8 Å². The summed E-state index contributed by atoms with van der Waals surface area (Å²) in [5.74, 6) is 1.56. The van der Waals surface area contributed by atoms with E-state index in [-0.39, 0.29) is 12.5 Å². The molecule has 0 bridgehead atoms. The van der Waals surface area contributed by atoms with E-state index in [1.165, 1.54) is 0 Å². The lowest BCUT2D eigenvalue weighted by Gasteiger charge is -2.34. The van der Waals surface area contributed by atoms with E-state index in [4.69, 9.17) is 44.0 Å². The van der Waals surface area contributed by atoms with E-state index in [0.717, 1.165) is 36.5 Å². The Labute approximate surface area is 202 Å². The summed E-state index contributed by atoms with van der Waals surface area (Å²) in [6.45, 7) is 5.77. The van der Waals surface area contributed by atoms with Crippen LogP contribution in [-0.2, 0) is 13.2 Å². The molecule has 1 fully saturated rings. The fourth-order valence-electron chi connectivity index (χ4n) is 3.66. The lowest BCUT2D eigenvalue weighted by Crippen LogP contribution is -2.48. The Hall–Kier alpha value is -2.18. The number of benzene rings is 2. The molecule has 1 aliphatic heterocycles. The van der Waals surface area contributed by atoms with Gasteiger partial charge in [0.2, 0.25) is 0 Å². The lowest BCUT2D eigenvalue weighted by atomic mass is 10.2. The van der Waals surface area contributed by atoms with Crippen LogP contribution in [0.15, 0.2) is 52.9 Å². The molecular weight excluding hydrogens is 471 g/mol. The summed E-state index contributed by atoms with van der Waals surface area (Å²) in [4.78, 5) is 17.0. The van der Waals surface area contributed by atoms with E-state index in [1.807, 2.05) is 42.2 Å². The molecule has 1 saturated heterocycles. The Morgan fingerprint density at radius 1 is 0.969 bits per heavy atom. The minimum absolute atomic E-state index is 0.104. The van der Waals surface area contributed by atoms with Gasteiger partial charge in [-0.2, -0.15) is 0 Å². The van der Waals surface area contributed by atoms with Crippen molar-refractivity contribution >= 4 is 40.7 Å². The van der Waals surface area contributed by atoms with Crippen LogP contribution in [0.25, 0.3) is 0 Å². The molecule has 0 spiro atoms. The summed E-state index contributed by atoms with van der Waals surface area (Å²) in [6, 6.07) is 14.6. The molecule has 1 aliphatic rings. The number of amides is 1. The Balaban J connectivity index is 1.28. The molecule has 5 nitrogen and oxygen atoms in total. The molecule has 2 heterocycles. The second-order valence-corrected chi connectivity index (χ2v) is 9.03. The quantitative estimate of drug-likeness (QED) is 0.417. The minimum Gasteiger partial charge on any atom is -0.485 e. The lowest BCUT2D eigenvalue weighted by molar-refractivity contribution is 0.0594. The van der Waals surface area contributed by atoms with Crippen molar-refractivity contribution in [1.82, 2.24) is 9.80 Å². The van der Waals surface area contributed by atoms with Gasteiger partial charge in [-0.25, -0.2) is 0 Å². The van der Waals surface area contributed by atoms with E-state index in [0.29, 0.717) is 39.7 Å². The van der Waals surface area contributed by atoms with Crippen molar-refractivity contribution in [2.45, 2.75) is 20.1 Å². The average molecular weight is 494 g/mol. The van der Waals surface area contributed by atoms with Crippen LogP contribution in [0.5, 0.6) is 5.75 Å². The third-order valence-electron chi connectivity index (χ3n) is 5.43. The smallest absolute Gasteiger partial charge is 0.289 e. The Morgan fingerprint density at radius 3 is 2.47 bits per heavy atom. The highest BCUT2D eigenvalue weighted by molar-refractivity contribution is 6.42. The van der Waals surface area contributed by atoms with Gasteiger partial charge in [-0.15, -0.1) is 0 Å². The van der Waals surface area contributed by atoms with Crippen LogP contribution in [0.3, 0.4) is 0 Å². The van der Waals surface area contributed by atoms with Crippen molar-refractivity contribution in [1.29, 1.82) is 0 Å². The van der Waals surface area contributed by atoms with Gasteiger partial charge < -0.3 is 14.1 Å². The van der Waals surface area contributed by atoms with E-state index >= 15 is 0 Å². The zero-order valence-electron chi connectivity index (χ0n) is 17.6. The highest BCUT2D eigenvalue weighted by Gasteiger charge is 2.24. The van der Waals surface area contributed by atoms with Gasteiger partial charge in [0.25, 0.3) is 5.91 Å². The van der Waals surface area contributed by atoms with Crippen molar-refractivity contribution in [3.8, 4) is 5.75 Å². The molecule has 3 aromatic rings. The zero-order chi connectivity index (χ0) is 22.7. The van der Waals surface area contributed by atoms with Gasteiger partial charge in [-0.3, -0.25) is 9.69 Å². The Morgan fingerprint density at radius 2 is 1.75 bits per heavy atom. The predicted octanol–water partition coefficient (Wildman–Crippen LogP) is 6.09. The number of hydrogen-bond acceptors (Lipinski definition) is 4. The molecule has 8 heteroatoms. The molecule has 2 aromatic carbocycles. The third-order valence-corrected chi connectivity index (χ3v) is 6.40. The largest absolute Gasteiger partial charge is 0.485 e. The normalized spacial score (nSPS) is 14.6. The van der Waals surface area contributed by atoms with E-state index in [1.54, 1.807) is 18.2 Å². The highest BCUT2D eigenvalue weighted by atomic mass is 35.5. The van der Waals surface area contributed by atoms with Crippen molar-refractivity contribution in [3.05, 3.63) is 86.2 Å². The van der Waals surface area contributed by atoms with Gasteiger partial charge in [0.1, 0.15) is 18.1 Å². The van der Waals surface area contributed by atoms with Crippen LogP contribution in [-0.4, -0.2) is 41.9 Å². The zero-order valence-corrected chi connectivity index (χ0v) is 19.9. The molecule has 1 amide bonds. The number of carbonyl (C=O) groups excluding carboxylic acids is 1. The monoisotopic (exact) mass is 492 g/mol. The molecule has 32 heavy (non-hydrogen) atoms. The summed E-state index contributed by atoms with van der Waals surface area (Å²) in [5, 5.41) is 1.77. The molecule has 0 saturated carbocycles. The average Bonchev–Trinajstić information content (AvgIpc) is 3.25. The van der Waals surface area contributed by atoms with Gasteiger partial charge in [0.05, 0.1) is 10.0 Å². The summed E-state index contributed by atoms with van der Waals surface area (Å²) in [5.41, 5.74) is 2.05. The van der Waals surface area contributed by atoms with Gasteiger partial charge in [-0.1, -0.05) is 40.9 Å². The van der Waals surface area contributed by atoms with Crippen molar-refractivity contribution in [3.63, 3.8) is 0 Å². The first-order valence-electron chi connectivity index (χ1n) is 10.3. The molecular formula is C24H23Cl3N2O3. The second kappa shape index (κ2) is 10.2. The number of nitrogens with zero attached hydrogens (tertiary/aromatic N) is 2. The van der Waals surface area contributed by atoms with Crippen LogP contribution in [0.2, 0.25) is 15.1 Å². The summed E-state index contributed by atoms with van der Waals surface area (Å²) < 4.78 is 11.5. The van der Waals surface area contributed by atoms with Crippen LogP contribution in [0.1, 0.15) is 27.4 Å². The maximum absolute atomic E-state index is 12.9. The van der Waals surface area contributed by atoms with Crippen LogP contribution in [0, 0.1) is 6.92 Å². The standard InChI is InChI=1S/C24H23Cl3N2O3/c1-16-12-18(25)3-6-22(16)31-15-19-4-7-23(32-19)24(30)29-10-8-28(9-11-29)14-17-2-5-20(26)21(27)13-17/h2-7,12-13H,8-11,14-15H2,1H3. The Kier molecular flexibility index (Phi) is 7.31. The van der Waals surface area contributed by atoms with Crippen molar-refractivity contribution in [2.24, 2.45) is 0 Å². The van der Waals surface area contributed by atoms with Gasteiger partial charge in [0, 0.05) is 37.7 Å². The molecule has 168 valence electrons. The molecule has 1 aromatic heterocycles. The summed E-state index contributed by atoms with van der Waals surface area (Å²) in [6.07, 6.45) is 0. The number of carbonyl (C=O) groups is 1. The van der Waals surface area contributed by atoms with Crippen molar-refractivity contribution < 1.29 is 13.9 Å². The number of hydrogen-bond donors (Lipinski definition) is 0. The first-order valence-corrected chi connectivity index (χ1v) is 11.5. The maximum atomic E-state index is 12.9. The first-order chi connectivity index (χ1) is 15.4. The molecule has 0 atom stereocenters. The number of ether oxygens (including phenoxy) is 1.